The van der Waals surface area contributed by atoms with Crippen LogP contribution in [0, 0.1) is 17.0 Å². The molecule has 2 aromatic carbocycles. The summed E-state index contributed by atoms with van der Waals surface area (Å²) in [6.45, 7) is 2.75. The summed E-state index contributed by atoms with van der Waals surface area (Å²) >= 11 is 6.03. The molecule has 1 aliphatic heterocycles. The summed E-state index contributed by atoms with van der Waals surface area (Å²) in [5, 5.41) is 13.6. The molecule has 154 valence electrons. The number of anilines is 1. The van der Waals surface area contributed by atoms with Crippen molar-refractivity contribution in [3.8, 4) is 0 Å². The van der Waals surface area contributed by atoms with Crippen molar-refractivity contribution in [2.45, 2.75) is 11.8 Å². The highest BCUT2D eigenvalue weighted by molar-refractivity contribution is 7.89. The van der Waals surface area contributed by atoms with Gasteiger partial charge < -0.3 is 10.1 Å². The van der Waals surface area contributed by atoms with E-state index in [1.807, 2.05) is 0 Å². The highest BCUT2D eigenvalue weighted by Gasteiger charge is 2.27. The van der Waals surface area contributed by atoms with Crippen molar-refractivity contribution in [2.24, 2.45) is 0 Å². The van der Waals surface area contributed by atoms with Crippen LogP contribution in [0.15, 0.2) is 41.3 Å². The topological polar surface area (TPSA) is 119 Å². The summed E-state index contributed by atoms with van der Waals surface area (Å²) < 4.78 is 32.2. The minimum absolute atomic E-state index is 0.0136. The van der Waals surface area contributed by atoms with Gasteiger partial charge in [-0.2, -0.15) is 4.31 Å². The van der Waals surface area contributed by atoms with Gasteiger partial charge in [0.1, 0.15) is 0 Å². The molecule has 0 spiro atoms. The molecule has 0 radical (unpaired) electrons. The first-order valence-corrected chi connectivity index (χ1v) is 10.5. The van der Waals surface area contributed by atoms with Crippen molar-refractivity contribution in [1.82, 2.24) is 4.31 Å². The van der Waals surface area contributed by atoms with Gasteiger partial charge in [0.25, 0.3) is 11.6 Å². The fourth-order valence-corrected chi connectivity index (χ4v) is 4.45. The van der Waals surface area contributed by atoms with Crippen LogP contribution in [-0.4, -0.2) is 49.9 Å². The van der Waals surface area contributed by atoms with E-state index in [9.17, 15) is 23.3 Å². The van der Waals surface area contributed by atoms with Crippen molar-refractivity contribution in [2.75, 3.05) is 31.6 Å². The molecule has 9 nitrogen and oxygen atoms in total. The second-order valence-corrected chi connectivity index (χ2v) is 8.71. The third-order valence-corrected chi connectivity index (χ3v) is 6.69. The zero-order valence-corrected chi connectivity index (χ0v) is 17.0. The van der Waals surface area contributed by atoms with Gasteiger partial charge in [0.15, 0.2) is 0 Å². The van der Waals surface area contributed by atoms with Crippen LogP contribution in [0.5, 0.6) is 0 Å². The summed E-state index contributed by atoms with van der Waals surface area (Å²) in [7, 11) is -3.78. The number of carbonyl (C=O) groups is 1. The van der Waals surface area contributed by atoms with Crippen LogP contribution in [0.1, 0.15) is 15.9 Å². The van der Waals surface area contributed by atoms with Crippen LogP contribution < -0.4 is 5.32 Å². The zero-order chi connectivity index (χ0) is 21.2. The lowest BCUT2D eigenvalue weighted by Gasteiger charge is -2.26. The standard InChI is InChI=1S/C18H18ClN3O6S/c1-12-2-4-14(29(26,27)21-6-8-28-9-7-21)11-15(12)18(23)20-17-10-13(22(24)25)3-5-16(17)19/h2-5,10-11H,6-9H2,1H3,(H,20,23). The first kappa shape index (κ1) is 21.2. The molecule has 0 aliphatic carbocycles. The van der Waals surface area contributed by atoms with Gasteiger partial charge in [0.05, 0.1) is 33.7 Å². The van der Waals surface area contributed by atoms with Gasteiger partial charge in [0, 0.05) is 30.8 Å². The molecule has 1 heterocycles. The molecule has 1 amide bonds. The van der Waals surface area contributed by atoms with Crippen molar-refractivity contribution in [1.29, 1.82) is 0 Å². The van der Waals surface area contributed by atoms with Crippen LogP contribution >= 0.6 is 11.6 Å². The van der Waals surface area contributed by atoms with E-state index in [4.69, 9.17) is 16.3 Å². The number of nitrogens with one attached hydrogen (secondary N) is 1. The molecule has 0 bridgehead atoms. The third kappa shape index (κ3) is 4.56. The quantitative estimate of drug-likeness (QED) is 0.565. The number of rotatable bonds is 5. The molecule has 11 heteroatoms. The molecule has 29 heavy (non-hydrogen) atoms. The molecule has 3 rings (SSSR count). The van der Waals surface area contributed by atoms with Crippen molar-refractivity contribution in [3.05, 3.63) is 62.7 Å². The van der Waals surface area contributed by atoms with E-state index in [-0.39, 0.29) is 39.9 Å². The van der Waals surface area contributed by atoms with E-state index in [0.717, 1.165) is 6.07 Å². The molecule has 2 aromatic rings. The first-order chi connectivity index (χ1) is 13.7. The number of sulfonamides is 1. The lowest BCUT2D eigenvalue weighted by atomic mass is 10.1. The number of nitro benzene ring substituents is 1. The molecule has 0 saturated carbocycles. The largest absolute Gasteiger partial charge is 0.379 e. The SMILES string of the molecule is Cc1ccc(S(=O)(=O)N2CCOCC2)cc1C(=O)Nc1cc([N+](=O)[O-])ccc1Cl. The van der Waals surface area contributed by atoms with E-state index in [0.29, 0.717) is 18.8 Å². The smallest absolute Gasteiger partial charge is 0.271 e. The average Bonchev–Trinajstić information content (AvgIpc) is 2.70. The van der Waals surface area contributed by atoms with Gasteiger partial charge in [-0.1, -0.05) is 17.7 Å². The summed E-state index contributed by atoms with van der Waals surface area (Å²) in [6.07, 6.45) is 0. The number of amides is 1. The van der Waals surface area contributed by atoms with E-state index in [1.54, 1.807) is 6.92 Å². The number of non-ortho nitro benzene ring substituents is 1. The number of morpholine rings is 1. The number of hydrogen-bond donors (Lipinski definition) is 1. The van der Waals surface area contributed by atoms with Gasteiger partial charge in [-0.15, -0.1) is 0 Å². The molecule has 0 unspecified atom stereocenters. The predicted octanol–water partition coefficient (Wildman–Crippen LogP) is 2.83. The van der Waals surface area contributed by atoms with Gasteiger partial charge in [0.2, 0.25) is 10.0 Å². The number of halogens is 1. The van der Waals surface area contributed by atoms with Gasteiger partial charge in [-0.3, -0.25) is 14.9 Å². The molecular weight excluding hydrogens is 422 g/mol. The van der Waals surface area contributed by atoms with Crippen LogP contribution in [0.4, 0.5) is 11.4 Å². The zero-order valence-electron chi connectivity index (χ0n) is 15.4. The summed E-state index contributed by atoms with van der Waals surface area (Å²) in [6, 6.07) is 7.94. The second kappa shape index (κ2) is 8.46. The van der Waals surface area contributed by atoms with Gasteiger partial charge in [-0.25, -0.2) is 8.42 Å². The Labute approximate surface area is 172 Å². The van der Waals surface area contributed by atoms with E-state index >= 15 is 0 Å². The second-order valence-electron chi connectivity index (χ2n) is 6.37. The summed E-state index contributed by atoms with van der Waals surface area (Å²) in [4.78, 5) is 23.1. The highest BCUT2D eigenvalue weighted by Crippen LogP contribution is 2.28. The van der Waals surface area contributed by atoms with Crippen molar-refractivity contribution >= 4 is 38.9 Å². The number of aryl methyl sites for hydroxylation is 1. The Balaban J connectivity index is 1.91. The van der Waals surface area contributed by atoms with E-state index in [2.05, 4.69) is 5.32 Å². The third-order valence-electron chi connectivity index (χ3n) is 4.47. The van der Waals surface area contributed by atoms with Gasteiger partial charge in [-0.05, 0) is 30.7 Å². The lowest BCUT2D eigenvalue weighted by Crippen LogP contribution is -2.40. The normalized spacial score (nSPS) is 15.1. The van der Waals surface area contributed by atoms with Crippen LogP contribution in [0.3, 0.4) is 0 Å². The fraction of sp³-hybridized carbons (Fsp3) is 0.278. The Kier molecular flexibility index (Phi) is 6.18. The predicted molar refractivity (Wildman–Crippen MR) is 107 cm³/mol. The first-order valence-electron chi connectivity index (χ1n) is 8.64. The Hall–Kier alpha value is -2.53. The van der Waals surface area contributed by atoms with Crippen LogP contribution in [-0.2, 0) is 14.8 Å². The van der Waals surface area contributed by atoms with E-state index < -0.39 is 20.9 Å². The highest BCUT2D eigenvalue weighted by atomic mass is 35.5. The number of benzene rings is 2. The molecule has 1 fully saturated rings. The molecule has 1 N–H and O–H groups in total. The maximum atomic E-state index is 12.8. The molecule has 0 aromatic heterocycles. The molecule has 1 aliphatic rings. The minimum atomic E-state index is -3.78. The maximum absolute atomic E-state index is 12.8. The maximum Gasteiger partial charge on any atom is 0.271 e. The summed E-state index contributed by atoms with van der Waals surface area (Å²) in [5.74, 6) is -0.621. The Morgan fingerprint density at radius 3 is 2.55 bits per heavy atom. The Morgan fingerprint density at radius 2 is 1.90 bits per heavy atom. The molecular formula is C18H18ClN3O6S. The number of nitro groups is 1. The average molecular weight is 440 g/mol. The number of hydrogen-bond acceptors (Lipinski definition) is 6. The molecule has 0 atom stereocenters. The summed E-state index contributed by atoms with van der Waals surface area (Å²) in [5.41, 5.74) is 0.503. The van der Waals surface area contributed by atoms with Crippen LogP contribution in [0.2, 0.25) is 5.02 Å². The Bertz CT molecular complexity index is 1070. The number of carbonyl (C=O) groups excluding carboxylic acids is 1. The minimum Gasteiger partial charge on any atom is -0.379 e. The van der Waals surface area contributed by atoms with Crippen molar-refractivity contribution < 1.29 is 22.9 Å². The van der Waals surface area contributed by atoms with Crippen molar-refractivity contribution in [3.63, 3.8) is 0 Å². The number of nitrogens with zero attached hydrogens (tertiary/aromatic N) is 2. The Morgan fingerprint density at radius 1 is 1.21 bits per heavy atom. The number of ether oxygens (including phenoxy) is 1. The monoisotopic (exact) mass is 439 g/mol. The molecule has 1 saturated heterocycles. The fourth-order valence-electron chi connectivity index (χ4n) is 2.85. The van der Waals surface area contributed by atoms with Gasteiger partial charge >= 0.3 is 0 Å². The van der Waals surface area contributed by atoms with E-state index in [1.165, 1.54) is 34.6 Å². The lowest BCUT2D eigenvalue weighted by molar-refractivity contribution is -0.384. The van der Waals surface area contributed by atoms with Crippen LogP contribution in [0.25, 0.3) is 0 Å².